The van der Waals surface area contributed by atoms with E-state index in [0.717, 1.165) is 30.3 Å². The summed E-state index contributed by atoms with van der Waals surface area (Å²) in [6, 6.07) is 4.45. The molecular weight excluding hydrogens is 648 g/mol. The highest BCUT2D eigenvalue weighted by Crippen LogP contribution is 2.57. The number of benzene rings is 2. The van der Waals surface area contributed by atoms with E-state index in [1.54, 1.807) is 0 Å². The molecule has 0 unspecified atom stereocenters. The van der Waals surface area contributed by atoms with Gasteiger partial charge in [-0.2, -0.15) is 40.1 Å². The van der Waals surface area contributed by atoms with Crippen LogP contribution in [0.1, 0.15) is 27.8 Å². The van der Waals surface area contributed by atoms with E-state index in [9.17, 15) is 68.5 Å². The molecule has 0 N–H and O–H groups in total. The molecule has 0 amide bonds. The second-order valence-electron chi connectivity index (χ2n) is 8.52. The average molecular weight is 648 g/mol. The summed E-state index contributed by atoms with van der Waals surface area (Å²) in [6.45, 7) is 0. The monoisotopic (exact) mass is 648 g/mol. The lowest BCUT2D eigenvalue weighted by Gasteiger charge is -2.08. The van der Waals surface area contributed by atoms with E-state index in [1.807, 2.05) is 0 Å². The molecule has 0 saturated heterocycles. The highest BCUT2D eigenvalue weighted by atomic mass is 19.2. The van der Waals surface area contributed by atoms with Crippen molar-refractivity contribution in [2.24, 2.45) is 0 Å². The van der Waals surface area contributed by atoms with Crippen molar-refractivity contribution in [2.75, 3.05) is 0 Å². The molecular formula is C28F12N6. The Hall–Kier alpha value is -6.58. The molecule has 1 heterocycles. The van der Waals surface area contributed by atoms with E-state index >= 15 is 0 Å². The van der Waals surface area contributed by atoms with Gasteiger partial charge >= 0.3 is 0 Å². The van der Waals surface area contributed by atoms with Gasteiger partial charge in [0.05, 0.1) is 33.4 Å². The van der Waals surface area contributed by atoms with Gasteiger partial charge in [-0.25, -0.2) is 43.9 Å². The summed E-state index contributed by atoms with van der Waals surface area (Å²) in [5.74, 6) is -29.5. The van der Waals surface area contributed by atoms with Crippen molar-refractivity contribution in [1.29, 1.82) is 26.3 Å². The van der Waals surface area contributed by atoms with Gasteiger partial charge in [0.2, 0.25) is 0 Å². The fourth-order valence-electron chi connectivity index (χ4n) is 4.25. The first-order valence-electron chi connectivity index (χ1n) is 11.3. The Balaban J connectivity index is 2.36. The van der Waals surface area contributed by atoms with Crippen LogP contribution in [0.15, 0.2) is 16.7 Å². The van der Waals surface area contributed by atoms with E-state index < -0.39 is 131 Å². The summed E-state index contributed by atoms with van der Waals surface area (Å²) in [7, 11) is 0. The van der Waals surface area contributed by atoms with Crippen LogP contribution in [-0.2, 0) is 0 Å². The largest absolute Gasteiger partial charge is 0.252 e. The van der Waals surface area contributed by atoms with Gasteiger partial charge in [-0.05, 0) is 0 Å². The zero-order valence-corrected chi connectivity index (χ0v) is 21.2. The van der Waals surface area contributed by atoms with Gasteiger partial charge < -0.3 is 0 Å². The van der Waals surface area contributed by atoms with Crippen molar-refractivity contribution < 1.29 is 52.7 Å². The van der Waals surface area contributed by atoms with Crippen molar-refractivity contribution in [3.05, 3.63) is 115 Å². The summed E-state index contributed by atoms with van der Waals surface area (Å²) in [5, 5.41) is 46.8. The number of aromatic nitrogens is 1. The number of halogens is 12. The van der Waals surface area contributed by atoms with Crippen LogP contribution in [0.2, 0.25) is 0 Å². The van der Waals surface area contributed by atoms with Crippen molar-refractivity contribution in [3.8, 4) is 30.3 Å². The molecule has 0 bridgehead atoms. The number of hydrogen-bond donors (Lipinski definition) is 0. The molecule has 46 heavy (non-hydrogen) atoms. The second-order valence-corrected chi connectivity index (χ2v) is 8.52. The standard InChI is InChI=1S/C28F12N6/c29-17-9(4-44)18(30)22(34)14(21(17)33)6(1-41)11-12(7(2-42)15-23(35)19(31)10(5-45)20(32)24(15)36)13(11)8(3-43)16-25(37)27(39)46-28(40)26(16)38/b11-6-,12-7+,13-8?. The lowest BCUT2D eigenvalue weighted by atomic mass is 9.99. The van der Waals surface area contributed by atoms with E-state index in [2.05, 4.69) is 4.98 Å². The molecule has 1 aliphatic carbocycles. The smallest absolute Gasteiger partial charge is 0.203 e. The Morgan fingerprint density at radius 3 is 0.826 bits per heavy atom. The topological polar surface area (TPSA) is 132 Å². The van der Waals surface area contributed by atoms with Crippen LogP contribution in [0.25, 0.3) is 16.7 Å². The maximum absolute atomic E-state index is 15.0. The van der Waals surface area contributed by atoms with Crippen LogP contribution in [0, 0.1) is 127 Å². The van der Waals surface area contributed by atoms with Crippen molar-refractivity contribution in [2.45, 2.75) is 0 Å². The van der Waals surface area contributed by atoms with Gasteiger partial charge in [0.25, 0.3) is 11.9 Å². The number of nitrogens with zero attached hydrogens (tertiary/aromatic N) is 6. The van der Waals surface area contributed by atoms with Gasteiger partial charge in [-0.3, -0.25) is 0 Å². The predicted octanol–water partition coefficient (Wildman–Crippen LogP) is 6.74. The molecule has 0 aliphatic heterocycles. The van der Waals surface area contributed by atoms with Gasteiger partial charge in [0.15, 0.2) is 58.2 Å². The highest BCUT2D eigenvalue weighted by molar-refractivity contribution is 6.12. The van der Waals surface area contributed by atoms with Crippen LogP contribution in [0.5, 0.6) is 0 Å². The van der Waals surface area contributed by atoms with Crippen LogP contribution in [0.3, 0.4) is 0 Å². The van der Waals surface area contributed by atoms with Crippen LogP contribution < -0.4 is 0 Å². The van der Waals surface area contributed by atoms with Gasteiger partial charge in [-0.1, -0.05) is 0 Å². The summed E-state index contributed by atoms with van der Waals surface area (Å²) in [5.41, 5.74) is -19.2. The Morgan fingerprint density at radius 1 is 0.370 bits per heavy atom. The van der Waals surface area contributed by atoms with Gasteiger partial charge in [0, 0.05) is 16.7 Å². The maximum Gasteiger partial charge on any atom is 0.252 e. The molecule has 6 nitrogen and oxygen atoms in total. The van der Waals surface area contributed by atoms with E-state index in [-0.39, 0.29) is 0 Å². The third-order valence-electron chi connectivity index (χ3n) is 6.27. The lowest BCUT2D eigenvalue weighted by Crippen LogP contribution is -2.06. The first-order chi connectivity index (χ1) is 21.7. The van der Waals surface area contributed by atoms with Crippen LogP contribution in [0.4, 0.5) is 52.7 Å². The van der Waals surface area contributed by atoms with Crippen molar-refractivity contribution in [1.82, 2.24) is 4.98 Å². The van der Waals surface area contributed by atoms with E-state index in [1.165, 1.54) is 0 Å². The third-order valence-corrected chi connectivity index (χ3v) is 6.27. The highest BCUT2D eigenvalue weighted by Gasteiger charge is 2.46. The number of hydrogen-bond acceptors (Lipinski definition) is 6. The molecule has 3 aromatic rings. The fourth-order valence-corrected chi connectivity index (χ4v) is 4.25. The molecule has 1 fully saturated rings. The molecule has 0 radical (unpaired) electrons. The molecule has 18 heteroatoms. The number of allylic oxidation sites excluding steroid dienone is 6. The van der Waals surface area contributed by atoms with E-state index in [4.69, 9.17) is 10.5 Å². The predicted molar refractivity (Wildman–Crippen MR) is 124 cm³/mol. The second kappa shape index (κ2) is 11.5. The minimum atomic E-state index is -2.51. The normalized spacial score (nSPS) is 15.2. The molecule has 1 aromatic heterocycles. The number of pyridine rings is 1. The van der Waals surface area contributed by atoms with Crippen molar-refractivity contribution in [3.63, 3.8) is 0 Å². The minimum Gasteiger partial charge on any atom is -0.203 e. The first-order valence-corrected chi connectivity index (χ1v) is 11.3. The number of rotatable bonds is 3. The molecule has 4 rings (SSSR count). The molecule has 1 saturated carbocycles. The Kier molecular flexibility index (Phi) is 8.08. The molecule has 226 valence electrons. The molecule has 2 aromatic carbocycles. The Bertz CT molecular complexity index is 2080. The Labute approximate surface area is 246 Å². The number of nitriles is 5. The quantitative estimate of drug-likeness (QED) is 0.134. The molecule has 0 atom stereocenters. The summed E-state index contributed by atoms with van der Waals surface area (Å²) >= 11 is 0. The SMILES string of the molecule is N#CC(=C1C(=C(\C#N)c2c(F)c(F)c(C#N)c(F)c2F)/C1=C(\C#N)c1c(F)c(F)c(C#N)c(F)c1F)c1c(F)c(F)nc(F)c1F. The Morgan fingerprint density at radius 2 is 0.609 bits per heavy atom. The van der Waals surface area contributed by atoms with Gasteiger partial charge in [-0.15, -0.1) is 0 Å². The summed E-state index contributed by atoms with van der Waals surface area (Å²) < 4.78 is 175. The average Bonchev–Trinajstić information content (AvgIpc) is 3.74. The third kappa shape index (κ3) is 4.47. The lowest BCUT2D eigenvalue weighted by molar-refractivity contribution is 0.404. The zero-order chi connectivity index (χ0) is 34.5. The zero-order valence-electron chi connectivity index (χ0n) is 21.2. The molecule has 1 aliphatic rings. The van der Waals surface area contributed by atoms with E-state index in [0.29, 0.717) is 0 Å². The summed E-state index contributed by atoms with van der Waals surface area (Å²) in [6.07, 6.45) is 0. The summed E-state index contributed by atoms with van der Waals surface area (Å²) in [4.78, 5) is 2.22. The minimum absolute atomic E-state index is 0.774. The fraction of sp³-hybridized carbons (Fsp3) is 0. The van der Waals surface area contributed by atoms with Crippen molar-refractivity contribution >= 4 is 16.7 Å². The maximum atomic E-state index is 15.0. The van der Waals surface area contributed by atoms with Crippen LogP contribution >= 0.6 is 0 Å². The van der Waals surface area contributed by atoms with Gasteiger partial charge in [0.1, 0.15) is 41.5 Å². The molecule has 0 spiro atoms. The van der Waals surface area contributed by atoms with Crippen LogP contribution in [-0.4, -0.2) is 4.98 Å². The first kappa shape index (κ1) is 32.3.